The van der Waals surface area contributed by atoms with E-state index in [2.05, 4.69) is 39.2 Å². The van der Waals surface area contributed by atoms with Gasteiger partial charge in [0, 0.05) is 43.6 Å². The predicted octanol–water partition coefficient (Wildman–Crippen LogP) is 3.39. The third-order valence-corrected chi connectivity index (χ3v) is 4.75. The van der Waals surface area contributed by atoms with E-state index in [9.17, 15) is 4.79 Å². The first-order valence-corrected chi connectivity index (χ1v) is 9.35. The van der Waals surface area contributed by atoms with Crippen molar-refractivity contribution in [2.45, 2.75) is 13.8 Å². The van der Waals surface area contributed by atoms with Gasteiger partial charge in [-0.3, -0.25) is 4.79 Å². The number of carbonyl (C=O) groups is 1. The number of carbonyl (C=O) groups excluding carboxylic acids is 1. The molecule has 0 atom stereocenters. The topological polar surface area (TPSA) is 74.5 Å². The first-order valence-electron chi connectivity index (χ1n) is 9.35. The quantitative estimate of drug-likeness (QED) is 0.751. The van der Waals surface area contributed by atoms with Crippen molar-refractivity contribution in [2.24, 2.45) is 0 Å². The summed E-state index contributed by atoms with van der Waals surface area (Å²) in [6, 6.07) is 13.5. The molecule has 0 radical (unpaired) electrons. The van der Waals surface area contributed by atoms with E-state index >= 15 is 0 Å². The van der Waals surface area contributed by atoms with Gasteiger partial charge in [-0.05, 0) is 38.1 Å². The highest BCUT2D eigenvalue weighted by molar-refractivity contribution is 5.91. The van der Waals surface area contributed by atoms with Crippen LogP contribution in [0.2, 0.25) is 0 Å². The van der Waals surface area contributed by atoms with E-state index in [1.165, 1.54) is 11.8 Å². The maximum atomic E-state index is 12.4. The number of nitrogens with one attached hydrogen (secondary N) is 1. The van der Waals surface area contributed by atoms with Gasteiger partial charge in [-0.2, -0.15) is 4.98 Å². The molecule has 4 rings (SSSR count). The summed E-state index contributed by atoms with van der Waals surface area (Å²) in [5.74, 6) is 1.75. The number of anilines is 3. The minimum atomic E-state index is -0.0727. The summed E-state index contributed by atoms with van der Waals surface area (Å²) < 4.78 is 5.22. The number of hydrogen-bond acceptors (Lipinski definition) is 6. The molecule has 1 fully saturated rings. The molecule has 7 nitrogen and oxygen atoms in total. The number of aromatic nitrogens is 2. The van der Waals surface area contributed by atoms with Gasteiger partial charge in [0.2, 0.25) is 5.95 Å². The smallest absolute Gasteiger partial charge is 0.289 e. The van der Waals surface area contributed by atoms with Crippen LogP contribution >= 0.6 is 0 Å². The molecule has 0 unspecified atom stereocenters. The van der Waals surface area contributed by atoms with Gasteiger partial charge in [-0.15, -0.1) is 0 Å². The molecule has 1 aliphatic heterocycles. The number of rotatable bonds is 4. The van der Waals surface area contributed by atoms with Crippen LogP contribution in [0, 0.1) is 13.8 Å². The lowest BCUT2D eigenvalue weighted by atomic mass is 10.2. The van der Waals surface area contributed by atoms with Crippen LogP contribution in [0.15, 0.2) is 53.1 Å². The maximum absolute atomic E-state index is 12.4. The van der Waals surface area contributed by atoms with Gasteiger partial charge < -0.3 is 19.5 Å². The van der Waals surface area contributed by atoms with Crippen molar-refractivity contribution in [3.63, 3.8) is 0 Å². The average molecular weight is 377 g/mol. The Bertz CT molecular complexity index is 945. The molecule has 1 N–H and O–H groups in total. The van der Waals surface area contributed by atoms with Gasteiger partial charge in [-0.1, -0.05) is 17.7 Å². The zero-order chi connectivity index (χ0) is 19.5. The van der Waals surface area contributed by atoms with E-state index in [4.69, 9.17) is 4.42 Å². The van der Waals surface area contributed by atoms with Gasteiger partial charge in [0.15, 0.2) is 5.76 Å². The summed E-state index contributed by atoms with van der Waals surface area (Å²) in [7, 11) is 0. The lowest BCUT2D eigenvalue weighted by Gasteiger charge is -2.34. The molecule has 0 spiro atoms. The number of furan rings is 1. The highest BCUT2D eigenvalue weighted by Crippen LogP contribution is 2.20. The molecular formula is C21H23N5O2. The fourth-order valence-electron chi connectivity index (χ4n) is 3.21. The first-order chi connectivity index (χ1) is 13.6. The molecule has 3 heterocycles. The van der Waals surface area contributed by atoms with Crippen LogP contribution < -0.4 is 10.2 Å². The summed E-state index contributed by atoms with van der Waals surface area (Å²) in [4.78, 5) is 25.6. The molecule has 0 bridgehead atoms. The monoisotopic (exact) mass is 377 g/mol. The number of benzene rings is 1. The Kier molecular flexibility index (Phi) is 4.97. The molecule has 1 amide bonds. The Morgan fingerprint density at radius 1 is 1.04 bits per heavy atom. The second-order valence-electron chi connectivity index (χ2n) is 6.94. The molecule has 3 aromatic rings. The molecule has 1 saturated heterocycles. The van der Waals surface area contributed by atoms with E-state index < -0.39 is 0 Å². The number of piperazine rings is 1. The lowest BCUT2D eigenvalue weighted by Crippen LogP contribution is -2.49. The SMILES string of the molecule is Cc1ccc(Nc2cc(C)nc(N3CCN(C(=O)c4ccco4)CC3)n2)cc1. The summed E-state index contributed by atoms with van der Waals surface area (Å²) in [6.07, 6.45) is 1.52. The summed E-state index contributed by atoms with van der Waals surface area (Å²) >= 11 is 0. The van der Waals surface area contributed by atoms with E-state index in [1.54, 1.807) is 17.0 Å². The van der Waals surface area contributed by atoms with Crippen LogP contribution in [0.4, 0.5) is 17.5 Å². The van der Waals surface area contributed by atoms with Crippen LogP contribution in [0.1, 0.15) is 21.8 Å². The highest BCUT2D eigenvalue weighted by Gasteiger charge is 2.25. The molecule has 0 saturated carbocycles. The van der Waals surface area contributed by atoms with Crippen molar-refractivity contribution < 1.29 is 9.21 Å². The summed E-state index contributed by atoms with van der Waals surface area (Å²) in [6.45, 7) is 6.60. The zero-order valence-corrected chi connectivity index (χ0v) is 16.1. The van der Waals surface area contributed by atoms with Crippen LogP contribution in [-0.4, -0.2) is 47.0 Å². The van der Waals surface area contributed by atoms with Crippen molar-refractivity contribution in [3.05, 3.63) is 65.7 Å². The Hall–Kier alpha value is -3.35. The molecule has 144 valence electrons. The third-order valence-electron chi connectivity index (χ3n) is 4.75. The van der Waals surface area contributed by atoms with Gasteiger partial charge >= 0.3 is 0 Å². The Balaban J connectivity index is 1.44. The van der Waals surface area contributed by atoms with Crippen molar-refractivity contribution in [1.29, 1.82) is 0 Å². The Morgan fingerprint density at radius 2 is 1.79 bits per heavy atom. The first kappa shape index (κ1) is 18.0. The van der Waals surface area contributed by atoms with Crippen LogP contribution in [0.5, 0.6) is 0 Å². The van der Waals surface area contributed by atoms with Crippen LogP contribution in [-0.2, 0) is 0 Å². The zero-order valence-electron chi connectivity index (χ0n) is 16.1. The molecular weight excluding hydrogens is 354 g/mol. The molecule has 1 aliphatic rings. The Labute approximate surface area is 164 Å². The number of amides is 1. The average Bonchev–Trinajstić information content (AvgIpc) is 3.24. The van der Waals surface area contributed by atoms with Crippen molar-refractivity contribution in [2.75, 3.05) is 36.4 Å². The lowest BCUT2D eigenvalue weighted by molar-refractivity contribution is 0.0714. The van der Waals surface area contributed by atoms with E-state index in [1.807, 2.05) is 25.1 Å². The minimum absolute atomic E-state index is 0.0727. The number of nitrogens with zero attached hydrogens (tertiary/aromatic N) is 4. The normalized spacial score (nSPS) is 14.2. The van der Waals surface area contributed by atoms with Crippen LogP contribution in [0.3, 0.4) is 0 Å². The molecule has 2 aromatic heterocycles. The second-order valence-corrected chi connectivity index (χ2v) is 6.94. The van der Waals surface area contributed by atoms with Gasteiger partial charge in [0.05, 0.1) is 6.26 Å². The van der Waals surface area contributed by atoms with Crippen LogP contribution in [0.25, 0.3) is 0 Å². The molecule has 1 aromatic carbocycles. The maximum Gasteiger partial charge on any atom is 0.289 e. The number of hydrogen-bond donors (Lipinski definition) is 1. The fraction of sp³-hybridized carbons (Fsp3) is 0.286. The van der Waals surface area contributed by atoms with Crippen molar-refractivity contribution in [3.8, 4) is 0 Å². The largest absolute Gasteiger partial charge is 0.459 e. The predicted molar refractivity (Wildman–Crippen MR) is 108 cm³/mol. The molecule has 0 aliphatic carbocycles. The summed E-state index contributed by atoms with van der Waals surface area (Å²) in [5.41, 5.74) is 3.10. The highest BCUT2D eigenvalue weighted by atomic mass is 16.3. The van der Waals surface area contributed by atoms with Crippen molar-refractivity contribution in [1.82, 2.24) is 14.9 Å². The van der Waals surface area contributed by atoms with E-state index in [0.717, 1.165) is 17.2 Å². The standard InChI is InChI=1S/C21H23N5O2/c1-15-5-7-17(8-6-15)23-19-14-16(2)22-21(24-19)26-11-9-25(10-12-26)20(27)18-4-3-13-28-18/h3-8,13-14H,9-12H2,1-2H3,(H,22,23,24). The Morgan fingerprint density at radius 3 is 2.46 bits per heavy atom. The van der Waals surface area contributed by atoms with Gasteiger partial charge in [0.1, 0.15) is 5.82 Å². The number of aryl methyl sites for hydroxylation is 2. The second kappa shape index (κ2) is 7.72. The van der Waals surface area contributed by atoms with E-state index in [0.29, 0.717) is 37.9 Å². The summed E-state index contributed by atoms with van der Waals surface area (Å²) in [5, 5.41) is 3.34. The van der Waals surface area contributed by atoms with E-state index in [-0.39, 0.29) is 5.91 Å². The van der Waals surface area contributed by atoms with Gasteiger partial charge in [-0.25, -0.2) is 4.98 Å². The molecule has 7 heteroatoms. The third kappa shape index (κ3) is 3.98. The van der Waals surface area contributed by atoms with Crippen molar-refractivity contribution >= 4 is 23.4 Å². The molecule has 28 heavy (non-hydrogen) atoms. The fourth-order valence-corrected chi connectivity index (χ4v) is 3.21. The van der Waals surface area contributed by atoms with Gasteiger partial charge in [0.25, 0.3) is 5.91 Å². The minimum Gasteiger partial charge on any atom is -0.459 e.